The second-order valence-corrected chi connectivity index (χ2v) is 5.13. The van der Waals surface area contributed by atoms with Gasteiger partial charge in [-0.25, -0.2) is 0 Å². The van der Waals surface area contributed by atoms with Crippen molar-refractivity contribution >= 4 is 0 Å². The Balaban J connectivity index is 2.06. The van der Waals surface area contributed by atoms with E-state index >= 15 is 0 Å². The van der Waals surface area contributed by atoms with Crippen molar-refractivity contribution < 1.29 is 0 Å². The Morgan fingerprint density at radius 3 is 2.00 bits per heavy atom. The van der Waals surface area contributed by atoms with Gasteiger partial charge in [-0.15, -0.1) is 0 Å². The minimum absolute atomic E-state index is 1.04. The van der Waals surface area contributed by atoms with E-state index in [2.05, 4.69) is 26.0 Å². The highest BCUT2D eigenvalue weighted by molar-refractivity contribution is 4.82. The summed E-state index contributed by atoms with van der Waals surface area (Å²) in [5.74, 6) is 2.11. The molecule has 1 aliphatic rings. The molecule has 0 bridgehead atoms. The molecular weight excluding hydrogens is 180 g/mol. The first-order valence-electron chi connectivity index (χ1n) is 7.01. The maximum atomic E-state index is 2.37. The third-order valence-electron chi connectivity index (χ3n) is 3.81. The number of rotatable bonds is 6. The Morgan fingerprint density at radius 1 is 0.867 bits per heavy atom. The molecule has 1 saturated carbocycles. The summed E-state index contributed by atoms with van der Waals surface area (Å²) in [4.78, 5) is 0. The normalized spacial score (nSPS) is 27.3. The molecule has 0 spiro atoms. The zero-order chi connectivity index (χ0) is 10.9. The number of hydrogen-bond donors (Lipinski definition) is 0. The first-order chi connectivity index (χ1) is 7.36. The first-order valence-corrected chi connectivity index (χ1v) is 7.01. The van der Waals surface area contributed by atoms with Gasteiger partial charge in [0.25, 0.3) is 0 Å². The lowest BCUT2D eigenvalue weighted by Gasteiger charge is -2.28. The lowest BCUT2D eigenvalue weighted by Crippen LogP contribution is -2.14. The van der Waals surface area contributed by atoms with Gasteiger partial charge < -0.3 is 0 Å². The lowest BCUT2D eigenvalue weighted by molar-refractivity contribution is 0.253. The molecule has 0 unspecified atom stereocenters. The molecule has 0 aliphatic heterocycles. The van der Waals surface area contributed by atoms with E-state index in [4.69, 9.17) is 0 Å². The van der Waals surface area contributed by atoms with Crippen LogP contribution in [0.5, 0.6) is 0 Å². The molecule has 0 aromatic carbocycles. The highest BCUT2D eigenvalue weighted by Gasteiger charge is 2.19. The van der Waals surface area contributed by atoms with Crippen LogP contribution in [0.3, 0.4) is 0 Å². The van der Waals surface area contributed by atoms with Crippen LogP contribution >= 0.6 is 0 Å². The molecule has 0 N–H and O–H groups in total. The minimum atomic E-state index is 1.04. The molecule has 1 fully saturated rings. The SMILES string of the molecule is CC/C=C\CCC1CCC(CCC)CC1. The van der Waals surface area contributed by atoms with E-state index in [0.29, 0.717) is 0 Å². The highest BCUT2D eigenvalue weighted by atomic mass is 14.2. The van der Waals surface area contributed by atoms with Crippen molar-refractivity contribution in [2.24, 2.45) is 11.8 Å². The van der Waals surface area contributed by atoms with Crippen LogP contribution in [0, 0.1) is 11.8 Å². The Kier molecular flexibility index (Phi) is 6.80. The molecule has 0 amide bonds. The molecule has 0 atom stereocenters. The fourth-order valence-electron chi connectivity index (χ4n) is 2.83. The number of allylic oxidation sites excluding steroid dienone is 2. The van der Waals surface area contributed by atoms with E-state index in [0.717, 1.165) is 11.8 Å². The van der Waals surface area contributed by atoms with Gasteiger partial charge >= 0.3 is 0 Å². The Labute approximate surface area is 96.2 Å². The average Bonchev–Trinajstić information content (AvgIpc) is 2.27. The summed E-state index contributed by atoms with van der Waals surface area (Å²) in [6.45, 7) is 4.54. The van der Waals surface area contributed by atoms with Crippen molar-refractivity contribution in [2.75, 3.05) is 0 Å². The highest BCUT2D eigenvalue weighted by Crippen LogP contribution is 2.33. The predicted molar refractivity (Wildman–Crippen MR) is 69.0 cm³/mol. The smallest absolute Gasteiger partial charge is 0.0348 e. The van der Waals surface area contributed by atoms with Crippen molar-refractivity contribution in [3.8, 4) is 0 Å². The Bertz CT molecular complexity index is 161. The Hall–Kier alpha value is -0.260. The van der Waals surface area contributed by atoms with Crippen LogP contribution in [0.4, 0.5) is 0 Å². The summed E-state index contributed by atoms with van der Waals surface area (Å²) < 4.78 is 0. The Morgan fingerprint density at radius 2 is 1.47 bits per heavy atom. The molecule has 1 rings (SSSR count). The molecule has 88 valence electrons. The summed E-state index contributed by atoms with van der Waals surface area (Å²) in [6, 6.07) is 0. The van der Waals surface area contributed by atoms with Gasteiger partial charge in [0, 0.05) is 0 Å². The third kappa shape index (κ3) is 5.39. The summed E-state index contributed by atoms with van der Waals surface area (Å²) in [6.07, 6.45) is 17.5. The van der Waals surface area contributed by atoms with Gasteiger partial charge in [-0.1, -0.05) is 64.5 Å². The van der Waals surface area contributed by atoms with Crippen molar-refractivity contribution in [1.29, 1.82) is 0 Å². The molecule has 0 saturated heterocycles. The van der Waals surface area contributed by atoms with Gasteiger partial charge in [0.05, 0.1) is 0 Å². The largest absolute Gasteiger partial charge is 0.0888 e. The molecule has 0 radical (unpaired) electrons. The standard InChI is InChI=1S/C15H28/c1-3-5-6-7-9-15-12-10-14(8-4-2)11-13-15/h5-6,14-15H,3-4,7-13H2,1-2H3/b6-5-. The zero-order valence-corrected chi connectivity index (χ0v) is 10.7. The van der Waals surface area contributed by atoms with Crippen LogP contribution in [0.15, 0.2) is 12.2 Å². The second kappa shape index (κ2) is 7.96. The van der Waals surface area contributed by atoms with Gasteiger partial charge in [0.2, 0.25) is 0 Å². The first kappa shape index (κ1) is 12.8. The fourth-order valence-corrected chi connectivity index (χ4v) is 2.83. The predicted octanol–water partition coefficient (Wildman–Crippen LogP) is 5.34. The maximum Gasteiger partial charge on any atom is -0.0348 e. The van der Waals surface area contributed by atoms with Gasteiger partial charge in [0.15, 0.2) is 0 Å². The average molecular weight is 208 g/mol. The van der Waals surface area contributed by atoms with E-state index in [1.54, 1.807) is 0 Å². The van der Waals surface area contributed by atoms with Crippen LogP contribution < -0.4 is 0 Å². The molecule has 0 nitrogen and oxygen atoms in total. The van der Waals surface area contributed by atoms with E-state index in [1.807, 2.05) is 0 Å². The lowest BCUT2D eigenvalue weighted by atomic mass is 9.78. The quantitative estimate of drug-likeness (QED) is 0.517. The monoisotopic (exact) mass is 208 g/mol. The topological polar surface area (TPSA) is 0 Å². The van der Waals surface area contributed by atoms with Crippen LogP contribution in [0.1, 0.15) is 71.6 Å². The minimum Gasteiger partial charge on any atom is -0.0888 e. The molecule has 15 heavy (non-hydrogen) atoms. The summed E-state index contributed by atoms with van der Waals surface area (Å²) in [7, 11) is 0. The van der Waals surface area contributed by atoms with Gasteiger partial charge in [-0.2, -0.15) is 0 Å². The maximum absolute atomic E-state index is 2.37. The second-order valence-electron chi connectivity index (χ2n) is 5.13. The van der Waals surface area contributed by atoms with E-state index < -0.39 is 0 Å². The molecule has 1 aliphatic carbocycles. The van der Waals surface area contributed by atoms with Gasteiger partial charge in [-0.3, -0.25) is 0 Å². The van der Waals surface area contributed by atoms with Crippen molar-refractivity contribution in [1.82, 2.24) is 0 Å². The molecular formula is C15H28. The third-order valence-corrected chi connectivity index (χ3v) is 3.81. The van der Waals surface area contributed by atoms with Crippen LogP contribution in [-0.2, 0) is 0 Å². The van der Waals surface area contributed by atoms with Crippen molar-refractivity contribution in [3.05, 3.63) is 12.2 Å². The molecule has 0 heteroatoms. The van der Waals surface area contributed by atoms with Gasteiger partial charge in [-0.05, 0) is 31.1 Å². The van der Waals surface area contributed by atoms with Crippen molar-refractivity contribution in [2.45, 2.75) is 71.6 Å². The molecule has 0 heterocycles. The van der Waals surface area contributed by atoms with Gasteiger partial charge in [0.1, 0.15) is 0 Å². The summed E-state index contributed by atoms with van der Waals surface area (Å²) >= 11 is 0. The van der Waals surface area contributed by atoms with Crippen LogP contribution in [0.25, 0.3) is 0 Å². The fraction of sp³-hybridized carbons (Fsp3) is 0.867. The van der Waals surface area contributed by atoms with E-state index in [9.17, 15) is 0 Å². The summed E-state index contributed by atoms with van der Waals surface area (Å²) in [5, 5.41) is 0. The van der Waals surface area contributed by atoms with Crippen LogP contribution in [0.2, 0.25) is 0 Å². The van der Waals surface area contributed by atoms with E-state index in [1.165, 1.54) is 57.8 Å². The number of hydrogen-bond acceptors (Lipinski definition) is 0. The molecule has 0 aromatic rings. The van der Waals surface area contributed by atoms with Crippen molar-refractivity contribution in [3.63, 3.8) is 0 Å². The van der Waals surface area contributed by atoms with Crippen LogP contribution in [-0.4, -0.2) is 0 Å². The summed E-state index contributed by atoms with van der Waals surface area (Å²) in [5.41, 5.74) is 0. The zero-order valence-electron chi connectivity index (χ0n) is 10.7. The van der Waals surface area contributed by atoms with E-state index in [-0.39, 0.29) is 0 Å². The molecule has 0 aromatic heterocycles.